The van der Waals surface area contributed by atoms with Crippen LogP contribution in [0.1, 0.15) is 0 Å². The highest BCUT2D eigenvalue weighted by molar-refractivity contribution is 7.09. The molecule has 1 unspecified atom stereocenters. The number of hydrogen-bond acceptors (Lipinski definition) is 9. The van der Waals surface area contributed by atoms with Crippen LogP contribution < -0.4 is 0 Å². The van der Waals surface area contributed by atoms with Gasteiger partial charge in [0.05, 0.1) is 25.2 Å². The van der Waals surface area contributed by atoms with E-state index in [0.29, 0.717) is 5.13 Å². The van der Waals surface area contributed by atoms with Gasteiger partial charge in [-0.1, -0.05) is 6.08 Å². The molecule has 1 aromatic rings. The van der Waals surface area contributed by atoms with Crippen LogP contribution in [0.5, 0.6) is 0 Å². The van der Waals surface area contributed by atoms with E-state index in [2.05, 4.69) is 20.9 Å². The highest BCUT2D eigenvalue weighted by Crippen LogP contribution is 2.27. The number of ether oxygens (including phenoxy) is 2. The summed E-state index contributed by atoms with van der Waals surface area (Å²) in [4.78, 5) is 7.91. The van der Waals surface area contributed by atoms with Crippen LogP contribution in [-0.4, -0.2) is 68.7 Å². The molecule has 0 radical (unpaired) electrons. The van der Waals surface area contributed by atoms with Gasteiger partial charge in [-0.3, -0.25) is 0 Å². The lowest BCUT2D eigenvalue weighted by Crippen LogP contribution is -2.56. The second-order valence-electron chi connectivity index (χ2n) is 4.53. The van der Waals surface area contributed by atoms with Gasteiger partial charge in [-0.05, 0) is 11.6 Å². The SMILES string of the molecule is C=CCO[C@H]1O[C@H](CO)[C@H](O)[C@H](O)C1C=Nc1nc(Cl)ns1. The predicted octanol–water partition coefficient (Wildman–Crippen LogP) is 0.152. The Balaban J connectivity index is 2.15. The van der Waals surface area contributed by atoms with E-state index in [1.54, 1.807) is 0 Å². The standard InChI is InChI=1S/C12H16ClN3O5S/c1-2-3-20-10-6(4-14-12-15-11(13)16-22-12)8(18)9(19)7(5-17)21-10/h2,4,6-10,17-19H,1,3,5H2/t6?,7-,8-,9+,10+/m1/s1. The van der Waals surface area contributed by atoms with Crippen molar-refractivity contribution in [3.8, 4) is 0 Å². The lowest BCUT2D eigenvalue weighted by molar-refractivity contribution is -0.268. The second-order valence-corrected chi connectivity index (χ2v) is 5.60. The molecule has 3 N–H and O–H groups in total. The average Bonchev–Trinajstić information content (AvgIpc) is 2.93. The molecular weight excluding hydrogens is 334 g/mol. The number of rotatable bonds is 6. The molecule has 1 aliphatic rings. The summed E-state index contributed by atoms with van der Waals surface area (Å²) in [5, 5.41) is 29.7. The first-order chi connectivity index (χ1) is 10.6. The molecule has 8 nitrogen and oxygen atoms in total. The van der Waals surface area contributed by atoms with E-state index >= 15 is 0 Å². The lowest BCUT2D eigenvalue weighted by Gasteiger charge is -2.40. The smallest absolute Gasteiger partial charge is 0.236 e. The van der Waals surface area contributed by atoms with Crippen LogP contribution in [0.2, 0.25) is 5.28 Å². The Hall–Kier alpha value is -0.940. The maximum Gasteiger partial charge on any atom is 0.236 e. The molecule has 0 amide bonds. The van der Waals surface area contributed by atoms with Crippen LogP contribution in [-0.2, 0) is 9.47 Å². The van der Waals surface area contributed by atoms with Gasteiger partial charge in [0.25, 0.3) is 0 Å². The Labute approximate surface area is 135 Å². The molecule has 5 atom stereocenters. The van der Waals surface area contributed by atoms with Gasteiger partial charge >= 0.3 is 0 Å². The largest absolute Gasteiger partial charge is 0.394 e. The second kappa shape index (κ2) is 8.06. The molecule has 1 fully saturated rings. The van der Waals surface area contributed by atoms with Gasteiger partial charge in [0.1, 0.15) is 12.2 Å². The van der Waals surface area contributed by atoms with Gasteiger partial charge in [-0.25, -0.2) is 4.99 Å². The van der Waals surface area contributed by atoms with Gasteiger partial charge in [-0.15, -0.1) is 6.58 Å². The molecule has 0 aliphatic carbocycles. The Morgan fingerprint density at radius 3 is 2.82 bits per heavy atom. The van der Waals surface area contributed by atoms with E-state index in [1.165, 1.54) is 12.3 Å². The fraction of sp³-hybridized carbons (Fsp3) is 0.583. The van der Waals surface area contributed by atoms with E-state index in [-0.39, 0.29) is 11.9 Å². The zero-order valence-corrected chi connectivity index (χ0v) is 13.0. The molecule has 22 heavy (non-hydrogen) atoms. The van der Waals surface area contributed by atoms with Crippen molar-refractivity contribution in [2.45, 2.75) is 24.6 Å². The molecule has 10 heteroatoms. The van der Waals surface area contributed by atoms with E-state index in [1.807, 2.05) is 0 Å². The zero-order valence-electron chi connectivity index (χ0n) is 11.4. The molecular formula is C12H16ClN3O5S. The van der Waals surface area contributed by atoms with E-state index < -0.39 is 37.1 Å². The van der Waals surface area contributed by atoms with Crippen molar-refractivity contribution in [3.63, 3.8) is 0 Å². The molecule has 1 aliphatic heterocycles. The number of aliphatic hydroxyl groups is 3. The number of halogens is 1. The van der Waals surface area contributed by atoms with Crippen molar-refractivity contribution in [1.29, 1.82) is 0 Å². The Morgan fingerprint density at radius 2 is 2.23 bits per heavy atom. The van der Waals surface area contributed by atoms with Crippen LogP contribution in [0.15, 0.2) is 17.6 Å². The van der Waals surface area contributed by atoms with Gasteiger partial charge in [0.2, 0.25) is 10.4 Å². The van der Waals surface area contributed by atoms with Crippen LogP contribution in [0.4, 0.5) is 5.13 Å². The number of aliphatic imine (C=N–C) groups is 1. The molecule has 122 valence electrons. The molecule has 1 saturated heterocycles. The van der Waals surface area contributed by atoms with Crippen molar-refractivity contribution < 1.29 is 24.8 Å². The Kier molecular flexibility index (Phi) is 6.38. The van der Waals surface area contributed by atoms with Crippen molar-refractivity contribution in [2.75, 3.05) is 13.2 Å². The van der Waals surface area contributed by atoms with Gasteiger partial charge in [-0.2, -0.15) is 9.36 Å². The van der Waals surface area contributed by atoms with E-state index in [4.69, 9.17) is 21.1 Å². The predicted molar refractivity (Wildman–Crippen MR) is 80.5 cm³/mol. The summed E-state index contributed by atoms with van der Waals surface area (Å²) in [6, 6.07) is 0. The van der Waals surface area contributed by atoms with E-state index in [0.717, 1.165) is 11.5 Å². The Bertz CT molecular complexity index is 529. The summed E-state index contributed by atoms with van der Waals surface area (Å²) in [5.41, 5.74) is 0. The van der Waals surface area contributed by atoms with Gasteiger partial charge in [0.15, 0.2) is 6.29 Å². The zero-order chi connectivity index (χ0) is 16.1. The summed E-state index contributed by atoms with van der Waals surface area (Å²) in [7, 11) is 0. The molecule has 2 heterocycles. The summed E-state index contributed by atoms with van der Waals surface area (Å²) in [6.07, 6.45) is -1.42. The van der Waals surface area contributed by atoms with Crippen LogP contribution in [0.25, 0.3) is 0 Å². The van der Waals surface area contributed by atoms with Crippen LogP contribution in [0, 0.1) is 5.92 Å². The maximum absolute atomic E-state index is 10.2. The third-order valence-corrected chi connectivity index (χ3v) is 3.95. The molecule has 0 bridgehead atoms. The van der Waals surface area contributed by atoms with Crippen molar-refractivity contribution in [2.24, 2.45) is 10.9 Å². The third kappa shape index (κ3) is 4.07. The topological polar surface area (TPSA) is 117 Å². The van der Waals surface area contributed by atoms with Crippen LogP contribution >= 0.6 is 23.1 Å². The van der Waals surface area contributed by atoms with Gasteiger partial charge in [0, 0.05) is 17.7 Å². The number of nitrogens with zero attached hydrogens (tertiary/aromatic N) is 3. The number of aliphatic hydroxyl groups excluding tert-OH is 3. The monoisotopic (exact) mass is 349 g/mol. The summed E-state index contributed by atoms with van der Waals surface area (Å²) in [5.74, 6) is -0.750. The highest BCUT2D eigenvalue weighted by Gasteiger charge is 2.44. The van der Waals surface area contributed by atoms with Gasteiger partial charge < -0.3 is 24.8 Å². The summed E-state index contributed by atoms with van der Waals surface area (Å²) in [6.45, 7) is 3.27. The maximum atomic E-state index is 10.2. The first-order valence-electron chi connectivity index (χ1n) is 6.45. The fourth-order valence-electron chi connectivity index (χ4n) is 1.98. The van der Waals surface area contributed by atoms with Crippen molar-refractivity contribution in [1.82, 2.24) is 9.36 Å². The molecule has 0 aromatic carbocycles. The third-order valence-electron chi connectivity index (χ3n) is 3.05. The highest BCUT2D eigenvalue weighted by atomic mass is 35.5. The van der Waals surface area contributed by atoms with Crippen molar-refractivity contribution in [3.05, 3.63) is 17.9 Å². The average molecular weight is 350 g/mol. The lowest BCUT2D eigenvalue weighted by atomic mass is 9.92. The Morgan fingerprint density at radius 1 is 1.45 bits per heavy atom. The normalized spacial score (nSPS) is 32.5. The first kappa shape index (κ1) is 17.4. The first-order valence-corrected chi connectivity index (χ1v) is 7.60. The summed E-state index contributed by atoms with van der Waals surface area (Å²) < 4.78 is 14.6. The minimum absolute atomic E-state index is 0.0810. The number of aromatic nitrogens is 2. The molecule has 0 spiro atoms. The number of hydrogen-bond donors (Lipinski definition) is 3. The fourth-order valence-corrected chi connectivity index (χ4v) is 2.64. The minimum atomic E-state index is -1.26. The molecule has 2 rings (SSSR count). The molecule has 1 aromatic heterocycles. The van der Waals surface area contributed by atoms with Crippen LogP contribution in [0.3, 0.4) is 0 Å². The minimum Gasteiger partial charge on any atom is -0.394 e. The summed E-state index contributed by atoms with van der Waals surface area (Å²) >= 11 is 6.60. The van der Waals surface area contributed by atoms with E-state index in [9.17, 15) is 15.3 Å². The quantitative estimate of drug-likeness (QED) is 0.494. The molecule has 0 saturated carbocycles. The van der Waals surface area contributed by atoms with Crippen molar-refractivity contribution >= 4 is 34.5 Å².